The summed E-state index contributed by atoms with van der Waals surface area (Å²) in [6.07, 6.45) is 0.546. The molecule has 0 heterocycles. The number of ether oxygens (including phenoxy) is 1. The van der Waals surface area contributed by atoms with Gasteiger partial charge in [0.1, 0.15) is 17.2 Å². The number of rotatable bonds is 4. The fraction of sp³-hybridized carbons (Fsp3) is 0.150. The van der Waals surface area contributed by atoms with Crippen molar-refractivity contribution in [2.45, 2.75) is 13.3 Å². The SMILES string of the molecule is CCc1cc(C(=O)N[NH-])c(O)cc1O.COc1ccc(N[S-])c2ccccc12.[Y]. The van der Waals surface area contributed by atoms with Gasteiger partial charge in [-0.1, -0.05) is 31.2 Å². The second kappa shape index (κ2) is 11.9. The van der Waals surface area contributed by atoms with Gasteiger partial charge in [-0.2, -0.15) is 0 Å². The van der Waals surface area contributed by atoms with E-state index in [0.29, 0.717) is 12.0 Å². The molecule has 0 unspecified atom stereocenters. The molecular weight excluding hydrogens is 467 g/mol. The molecule has 3 aromatic carbocycles. The van der Waals surface area contributed by atoms with Crippen LogP contribution in [0.3, 0.4) is 0 Å². The minimum absolute atomic E-state index is 0. The van der Waals surface area contributed by atoms with Crippen molar-refractivity contribution in [2.24, 2.45) is 0 Å². The number of fused-ring (bicyclic) bond motifs is 1. The van der Waals surface area contributed by atoms with Gasteiger partial charge >= 0.3 is 0 Å². The van der Waals surface area contributed by atoms with Gasteiger partial charge in [-0.05, 0) is 30.2 Å². The second-order valence-corrected chi connectivity index (χ2v) is 5.97. The smallest absolute Gasteiger partial charge is 0.238 e. The third-order valence-electron chi connectivity index (χ3n) is 4.15. The largest absolute Gasteiger partial charge is 0.670 e. The molecule has 3 rings (SSSR count). The summed E-state index contributed by atoms with van der Waals surface area (Å²) >= 11 is 4.83. The first-order chi connectivity index (χ1) is 13.5. The van der Waals surface area contributed by atoms with Crippen LogP contribution in [0.25, 0.3) is 16.6 Å². The predicted molar refractivity (Wildman–Crippen MR) is 112 cm³/mol. The van der Waals surface area contributed by atoms with Crippen molar-refractivity contribution >= 4 is 35.2 Å². The van der Waals surface area contributed by atoms with Gasteiger partial charge in [-0.3, -0.25) is 4.79 Å². The number of carbonyl (C=O) groups excluding carboxylic acids is 1. The maximum Gasteiger partial charge on any atom is 0.238 e. The first-order valence-electron chi connectivity index (χ1n) is 8.42. The summed E-state index contributed by atoms with van der Waals surface area (Å²) in [6.45, 7) is 1.81. The Morgan fingerprint density at radius 1 is 1.10 bits per heavy atom. The monoisotopic (exact) mass is 488 g/mol. The molecule has 0 atom stereocenters. The second-order valence-electron chi connectivity index (χ2n) is 5.77. The van der Waals surface area contributed by atoms with Crippen LogP contribution in [0.1, 0.15) is 22.8 Å². The molecule has 0 aromatic heterocycles. The molecule has 0 aliphatic carbocycles. The molecule has 0 saturated carbocycles. The van der Waals surface area contributed by atoms with E-state index in [-0.39, 0.29) is 49.8 Å². The van der Waals surface area contributed by atoms with E-state index in [1.54, 1.807) is 12.5 Å². The number of phenols is 2. The summed E-state index contributed by atoms with van der Waals surface area (Å²) in [7, 11) is 1.67. The quantitative estimate of drug-likeness (QED) is 0.325. The zero-order valence-corrected chi connectivity index (χ0v) is 19.7. The number of benzene rings is 3. The van der Waals surface area contributed by atoms with Gasteiger partial charge in [0.2, 0.25) is 5.91 Å². The fourth-order valence-electron chi connectivity index (χ4n) is 2.69. The Kier molecular flexibility index (Phi) is 10.3. The van der Waals surface area contributed by atoms with Crippen molar-refractivity contribution in [3.05, 3.63) is 65.5 Å². The number of phenolic OH excluding ortho intramolecular Hbond substituents is 2. The molecule has 9 heteroatoms. The van der Waals surface area contributed by atoms with Crippen LogP contribution in [0, 0.1) is 0 Å². The molecule has 5 N–H and O–H groups in total. The molecule has 0 aliphatic heterocycles. The van der Waals surface area contributed by atoms with Crippen molar-refractivity contribution in [1.82, 2.24) is 5.43 Å². The van der Waals surface area contributed by atoms with E-state index in [2.05, 4.69) is 4.72 Å². The first kappa shape index (κ1) is 25.0. The Morgan fingerprint density at radius 2 is 1.76 bits per heavy atom. The normalized spacial score (nSPS) is 9.66. The van der Waals surface area contributed by atoms with E-state index < -0.39 is 5.91 Å². The summed E-state index contributed by atoms with van der Waals surface area (Å²) in [4.78, 5) is 11.1. The maximum atomic E-state index is 11.1. The van der Waals surface area contributed by atoms with Crippen LogP contribution in [0.5, 0.6) is 17.2 Å². The van der Waals surface area contributed by atoms with E-state index >= 15 is 0 Å². The van der Waals surface area contributed by atoms with Crippen LogP contribution in [-0.4, -0.2) is 23.2 Å². The van der Waals surface area contributed by atoms with Crippen LogP contribution in [-0.2, 0) is 51.9 Å². The summed E-state index contributed by atoms with van der Waals surface area (Å²) in [5.74, 6) is 6.45. The van der Waals surface area contributed by atoms with Crippen LogP contribution in [0.2, 0.25) is 0 Å². The Balaban J connectivity index is 0.000000280. The Labute approximate surface area is 200 Å². The summed E-state index contributed by atoms with van der Waals surface area (Å²) in [5.41, 5.74) is 3.16. The van der Waals surface area contributed by atoms with E-state index in [1.165, 1.54) is 6.07 Å². The standard InChI is InChI=1S/C11H10NOS.C9H11N2O3.Y/c1-13-11-7-6-10(12-14)8-4-2-3-5-9(8)11;1-2-5-3-6(9(14)11-10)8(13)4-7(5)12;/h2-7,12H,1H3;3-4,10H,2H2,1H3,(H3,11,12,13,14);/q2*-1;. The molecule has 1 amide bonds. The van der Waals surface area contributed by atoms with Crippen molar-refractivity contribution in [3.63, 3.8) is 0 Å². The molecule has 0 saturated heterocycles. The van der Waals surface area contributed by atoms with Crippen molar-refractivity contribution in [1.29, 1.82) is 0 Å². The van der Waals surface area contributed by atoms with Gasteiger partial charge < -0.3 is 43.8 Å². The Morgan fingerprint density at radius 3 is 2.31 bits per heavy atom. The number of anilines is 1. The van der Waals surface area contributed by atoms with Gasteiger partial charge in [0.05, 0.1) is 12.7 Å². The Hall–Kier alpha value is -2.00. The van der Waals surface area contributed by atoms with Gasteiger partial charge in [-0.15, -0.1) is 0 Å². The molecule has 29 heavy (non-hydrogen) atoms. The van der Waals surface area contributed by atoms with E-state index in [1.807, 2.05) is 43.3 Å². The average Bonchev–Trinajstić information content (AvgIpc) is 2.73. The van der Waals surface area contributed by atoms with Crippen LogP contribution < -0.4 is 14.9 Å². The summed E-state index contributed by atoms with van der Waals surface area (Å²) < 4.78 is 8.01. The molecule has 0 aliphatic rings. The molecule has 7 nitrogen and oxygen atoms in total. The predicted octanol–water partition coefficient (Wildman–Crippen LogP) is 4.08. The molecule has 0 spiro atoms. The molecule has 151 valence electrons. The molecule has 3 aromatic rings. The van der Waals surface area contributed by atoms with Gasteiger partial charge in [0.15, 0.2) is 0 Å². The first-order valence-corrected chi connectivity index (χ1v) is 8.83. The van der Waals surface area contributed by atoms with Crippen LogP contribution in [0.4, 0.5) is 5.69 Å². The van der Waals surface area contributed by atoms with Crippen molar-refractivity contribution in [3.8, 4) is 17.2 Å². The molecular formula is C20H21N3O4SY-2. The van der Waals surface area contributed by atoms with E-state index in [9.17, 15) is 15.0 Å². The van der Waals surface area contributed by atoms with Crippen molar-refractivity contribution < 1.29 is 52.5 Å². The molecule has 1 radical (unpaired) electrons. The van der Waals surface area contributed by atoms with E-state index in [4.69, 9.17) is 23.4 Å². The minimum Gasteiger partial charge on any atom is -0.670 e. The average molecular weight is 488 g/mol. The topological polar surface area (TPSA) is 115 Å². The van der Waals surface area contributed by atoms with Crippen molar-refractivity contribution in [2.75, 3.05) is 11.8 Å². The molecule has 0 fully saturated rings. The number of carbonyl (C=O) groups is 1. The maximum absolute atomic E-state index is 11.1. The minimum atomic E-state index is -0.697. The third-order valence-corrected chi connectivity index (χ3v) is 4.37. The molecule has 0 bridgehead atoms. The van der Waals surface area contributed by atoms with Gasteiger partial charge in [0.25, 0.3) is 0 Å². The zero-order chi connectivity index (χ0) is 20.7. The number of hydrogen-bond donors (Lipinski definition) is 4. The Bertz CT molecular complexity index is 943. The number of aryl methyl sites for hydroxylation is 1. The number of hydrogen-bond acceptors (Lipinski definition) is 6. The zero-order valence-electron chi connectivity index (χ0n) is 16.0. The summed E-state index contributed by atoms with van der Waals surface area (Å²) in [5, 5.41) is 20.8. The number of amides is 1. The van der Waals surface area contributed by atoms with E-state index in [0.717, 1.165) is 28.3 Å². The number of aromatic hydroxyl groups is 2. The number of methoxy groups -OCH3 is 1. The summed E-state index contributed by atoms with van der Waals surface area (Å²) in [6, 6.07) is 14.3. The van der Waals surface area contributed by atoms with Gasteiger partial charge in [-0.25, -0.2) is 0 Å². The fourth-order valence-corrected chi connectivity index (χ4v) is 2.87. The number of nitrogens with one attached hydrogen (secondary N) is 3. The van der Waals surface area contributed by atoms with Gasteiger partial charge in [0, 0.05) is 55.2 Å². The third kappa shape index (κ3) is 5.99. The van der Waals surface area contributed by atoms with Crippen LogP contribution >= 0.6 is 0 Å². The van der Waals surface area contributed by atoms with Crippen LogP contribution in [0.15, 0.2) is 48.5 Å².